The van der Waals surface area contributed by atoms with E-state index in [1.54, 1.807) is 0 Å². The molecule has 0 spiro atoms. The van der Waals surface area contributed by atoms with Gasteiger partial charge in [-0.3, -0.25) is 4.79 Å². The number of sulfonamides is 1. The van der Waals surface area contributed by atoms with Gasteiger partial charge in [0.25, 0.3) is 5.91 Å². The maximum Gasteiger partial charge on any atom is 0.387 e. The fourth-order valence-electron chi connectivity index (χ4n) is 3.36. The molecule has 0 saturated carbocycles. The summed E-state index contributed by atoms with van der Waals surface area (Å²) < 4.78 is 61.7. The third-order valence-electron chi connectivity index (χ3n) is 4.96. The molecule has 1 aliphatic heterocycles. The molecule has 2 aromatic carbocycles. The van der Waals surface area contributed by atoms with E-state index in [1.807, 2.05) is 0 Å². The zero-order valence-electron chi connectivity index (χ0n) is 17.0. The van der Waals surface area contributed by atoms with Crippen LogP contribution in [0.4, 0.5) is 14.5 Å². The number of halogens is 2. The van der Waals surface area contributed by atoms with E-state index in [9.17, 15) is 22.0 Å². The predicted octanol–water partition coefficient (Wildman–Crippen LogP) is 4.11. The highest BCUT2D eigenvalue weighted by molar-refractivity contribution is 7.89. The minimum Gasteiger partial charge on any atom is -0.495 e. The molecule has 1 saturated heterocycles. The maximum atomic E-state index is 13.1. The van der Waals surface area contributed by atoms with Crippen molar-refractivity contribution in [2.75, 3.05) is 25.5 Å². The van der Waals surface area contributed by atoms with Gasteiger partial charge in [0.05, 0.1) is 17.7 Å². The number of ether oxygens (including phenoxy) is 2. The Balaban J connectivity index is 1.82. The van der Waals surface area contributed by atoms with Crippen LogP contribution in [0.2, 0.25) is 0 Å². The van der Waals surface area contributed by atoms with Crippen molar-refractivity contribution in [1.82, 2.24) is 4.31 Å². The molecule has 0 bridgehead atoms. The fraction of sp³-hybridized carbons (Fsp3) is 0.381. The Kier molecular flexibility index (Phi) is 7.45. The van der Waals surface area contributed by atoms with Gasteiger partial charge in [-0.2, -0.15) is 13.1 Å². The van der Waals surface area contributed by atoms with Crippen LogP contribution in [0.25, 0.3) is 0 Å². The standard InChI is InChI=1S/C21H24F2N2O5S/c1-29-19-11-10-17(31(27,28)25-12-4-2-3-5-13-25)14-18(19)24-20(26)15-6-8-16(9-7-15)30-21(22)23/h6-11,14,21H,2-5,12-13H2,1H3,(H,24,26). The van der Waals surface area contributed by atoms with E-state index < -0.39 is 22.5 Å². The number of nitrogens with zero attached hydrogens (tertiary/aromatic N) is 1. The molecular formula is C21H24F2N2O5S. The first-order valence-corrected chi connectivity index (χ1v) is 11.3. The highest BCUT2D eigenvalue weighted by Crippen LogP contribution is 2.30. The molecule has 1 fully saturated rings. The summed E-state index contributed by atoms with van der Waals surface area (Å²) >= 11 is 0. The van der Waals surface area contributed by atoms with Gasteiger partial charge in [-0.1, -0.05) is 12.8 Å². The average Bonchev–Trinajstić information content (AvgIpc) is 3.04. The van der Waals surface area contributed by atoms with Crippen molar-refractivity contribution >= 4 is 21.6 Å². The molecule has 1 aliphatic rings. The second-order valence-corrected chi connectivity index (χ2v) is 8.98. The molecule has 0 aliphatic carbocycles. The van der Waals surface area contributed by atoms with Crippen LogP contribution in [-0.2, 0) is 10.0 Å². The van der Waals surface area contributed by atoms with Gasteiger partial charge < -0.3 is 14.8 Å². The van der Waals surface area contributed by atoms with Gasteiger partial charge in [-0.25, -0.2) is 8.42 Å². The van der Waals surface area contributed by atoms with Gasteiger partial charge >= 0.3 is 6.61 Å². The number of nitrogens with one attached hydrogen (secondary N) is 1. The Morgan fingerprint density at radius 3 is 2.26 bits per heavy atom. The molecule has 7 nitrogen and oxygen atoms in total. The number of carbonyl (C=O) groups excluding carboxylic acids is 1. The monoisotopic (exact) mass is 454 g/mol. The van der Waals surface area contributed by atoms with E-state index in [-0.39, 0.29) is 21.9 Å². The molecule has 1 N–H and O–H groups in total. The van der Waals surface area contributed by atoms with Crippen LogP contribution in [0.1, 0.15) is 36.0 Å². The number of benzene rings is 2. The number of methoxy groups -OCH3 is 1. The van der Waals surface area contributed by atoms with E-state index >= 15 is 0 Å². The third kappa shape index (κ3) is 5.71. The number of amides is 1. The van der Waals surface area contributed by atoms with Gasteiger partial charge in [0, 0.05) is 18.7 Å². The lowest BCUT2D eigenvalue weighted by molar-refractivity contribution is -0.0498. The topological polar surface area (TPSA) is 84.9 Å². The van der Waals surface area contributed by atoms with Crippen molar-refractivity contribution < 1.29 is 31.5 Å². The van der Waals surface area contributed by atoms with Crippen LogP contribution in [0.15, 0.2) is 47.4 Å². The predicted molar refractivity (Wildman–Crippen MR) is 111 cm³/mol. The van der Waals surface area contributed by atoms with E-state index in [0.29, 0.717) is 18.8 Å². The van der Waals surface area contributed by atoms with Crippen LogP contribution in [0.5, 0.6) is 11.5 Å². The lowest BCUT2D eigenvalue weighted by atomic mass is 10.2. The van der Waals surface area contributed by atoms with Gasteiger partial charge in [0.2, 0.25) is 10.0 Å². The Hall–Kier alpha value is -2.72. The molecule has 0 radical (unpaired) electrons. The highest BCUT2D eigenvalue weighted by atomic mass is 32.2. The Morgan fingerprint density at radius 2 is 1.68 bits per heavy atom. The fourth-order valence-corrected chi connectivity index (χ4v) is 4.90. The van der Waals surface area contributed by atoms with Crippen LogP contribution in [-0.4, -0.2) is 45.4 Å². The second-order valence-electron chi connectivity index (χ2n) is 7.04. The first-order valence-electron chi connectivity index (χ1n) is 9.85. The Labute approximate surface area is 180 Å². The summed E-state index contributed by atoms with van der Waals surface area (Å²) in [5.41, 5.74) is 0.376. The number of rotatable bonds is 7. The second kappa shape index (κ2) is 10.1. The normalized spacial score (nSPS) is 15.4. The number of hydrogen-bond acceptors (Lipinski definition) is 5. The molecular weight excluding hydrogens is 430 g/mol. The summed E-state index contributed by atoms with van der Waals surface area (Å²) in [4.78, 5) is 12.7. The summed E-state index contributed by atoms with van der Waals surface area (Å²) in [7, 11) is -2.30. The smallest absolute Gasteiger partial charge is 0.387 e. The zero-order valence-corrected chi connectivity index (χ0v) is 17.8. The molecule has 2 aromatic rings. The maximum absolute atomic E-state index is 13.1. The van der Waals surface area contributed by atoms with Crippen molar-refractivity contribution in [2.45, 2.75) is 37.2 Å². The molecule has 3 rings (SSSR count). The van der Waals surface area contributed by atoms with E-state index in [4.69, 9.17) is 4.74 Å². The van der Waals surface area contributed by atoms with Gasteiger partial charge in [0.1, 0.15) is 11.5 Å². The highest BCUT2D eigenvalue weighted by Gasteiger charge is 2.26. The average molecular weight is 454 g/mol. The third-order valence-corrected chi connectivity index (χ3v) is 6.86. The molecule has 31 heavy (non-hydrogen) atoms. The van der Waals surface area contributed by atoms with Crippen LogP contribution in [0.3, 0.4) is 0 Å². The van der Waals surface area contributed by atoms with Gasteiger partial charge in [-0.15, -0.1) is 0 Å². The minimum absolute atomic E-state index is 0.0613. The van der Waals surface area contributed by atoms with Crippen LogP contribution in [0, 0.1) is 0 Å². The number of anilines is 1. The van der Waals surface area contributed by atoms with Crippen molar-refractivity contribution in [3.8, 4) is 11.5 Å². The van der Waals surface area contributed by atoms with E-state index in [0.717, 1.165) is 25.7 Å². The summed E-state index contributed by atoms with van der Waals surface area (Å²) in [5, 5.41) is 2.63. The Morgan fingerprint density at radius 1 is 1.03 bits per heavy atom. The number of hydrogen-bond donors (Lipinski definition) is 1. The summed E-state index contributed by atoms with van der Waals surface area (Å²) in [6.07, 6.45) is 3.61. The molecule has 0 aromatic heterocycles. The van der Waals surface area contributed by atoms with Gasteiger partial charge in [0.15, 0.2) is 0 Å². The summed E-state index contributed by atoms with van der Waals surface area (Å²) in [6, 6.07) is 9.46. The quantitative estimate of drug-likeness (QED) is 0.681. The first kappa shape index (κ1) is 23.0. The van der Waals surface area contributed by atoms with E-state index in [1.165, 1.54) is 53.9 Å². The number of carbonyl (C=O) groups is 1. The first-order chi connectivity index (χ1) is 14.8. The largest absolute Gasteiger partial charge is 0.495 e. The molecule has 1 amide bonds. The SMILES string of the molecule is COc1ccc(S(=O)(=O)N2CCCCCC2)cc1NC(=O)c1ccc(OC(F)F)cc1. The Bertz CT molecular complexity index is 1000. The van der Waals surface area contributed by atoms with Crippen molar-refractivity contribution in [2.24, 2.45) is 0 Å². The summed E-state index contributed by atoms with van der Waals surface area (Å²) in [5.74, 6) is -0.332. The zero-order chi connectivity index (χ0) is 22.4. The van der Waals surface area contributed by atoms with Crippen LogP contribution < -0.4 is 14.8 Å². The van der Waals surface area contributed by atoms with Crippen molar-refractivity contribution in [1.29, 1.82) is 0 Å². The molecule has 0 atom stereocenters. The summed E-state index contributed by atoms with van der Waals surface area (Å²) in [6.45, 7) is -2.04. The molecule has 10 heteroatoms. The lowest BCUT2D eigenvalue weighted by Gasteiger charge is -2.21. The molecule has 0 unspecified atom stereocenters. The minimum atomic E-state index is -3.71. The molecule has 168 valence electrons. The van der Waals surface area contributed by atoms with E-state index in [2.05, 4.69) is 10.1 Å². The van der Waals surface area contributed by atoms with Gasteiger partial charge in [-0.05, 0) is 55.3 Å². The number of alkyl halides is 2. The van der Waals surface area contributed by atoms with Crippen molar-refractivity contribution in [3.63, 3.8) is 0 Å². The lowest BCUT2D eigenvalue weighted by Crippen LogP contribution is -2.32. The molecule has 1 heterocycles. The van der Waals surface area contributed by atoms with Crippen LogP contribution >= 0.6 is 0 Å². The van der Waals surface area contributed by atoms with Crippen molar-refractivity contribution in [3.05, 3.63) is 48.0 Å².